The average Bonchev–Trinajstić information content (AvgIpc) is 2.58. The zero-order chi connectivity index (χ0) is 17.2. The van der Waals surface area contributed by atoms with Crippen LogP contribution < -0.4 is 14.8 Å². The summed E-state index contributed by atoms with van der Waals surface area (Å²) in [5, 5.41) is 2.69. The first-order valence-corrected chi connectivity index (χ1v) is 7.76. The fourth-order valence-electron chi connectivity index (χ4n) is 2.00. The Morgan fingerprint density at radius 1 is 0.917 bits per heavy atom. The molecule has 0 unspecified atom stereocenters. The maximum atomic E-state index is 11.7. The molecule has 1 N–H and O–H groups in total. The van der Waals surface area contributed by atoms with Crippen LogP contribution in [0.1, 0.15) is 11.1 Å². The van der Waals surface area contributed by atoms with Gasteiger partial charge in [-0.15, -0.1) is 0 Å². The smallest absolute Gasteiger partial charge is 0.258 e. The number of rotatable bonds is 6. The van der Waals surface area contributed by atoms with E-state index in [1.807, 2.05) is 62.4 Å². The molecule has 0 radical (unpaired) electrons. The molecule has 0 aliphatic heterocycles. The quantitative estimate of drug-likeness (QED) is 0.832. The van der Waals surface area contributed by atoms with E-state index in [9.17, 15) is 4.79 Å². The molecule has 1 amide bonds. The lowest BCUT2D eigenvalue weighted by Crippen LogP contribution is -2.29. The number of benzene rings is 2. The van der Waals surface area contributed by atoms with E-state index in [1.54, 1.807) is 0 Å². The van der Waals surface area contributed by atoms with E-state index in [0.29, 0.717) is 12.4 Å². The van der Waals surface area contributed by atoms with Crippen molar-refractivity contribution in [2.24, 2.45) is 0 Å². The Hall–Kier alpha value is -2.93. The van der Waals surface area contributed by atoms with Gasteiger partial charge in [0.15, 0.2) is 6.61 Å². The van der Waals surface area contributed by atoms with Crippen LogP contribution in [0, 0.1) is 25.7 Å². The maximum Gasteiger partial charge on any atom is 0.258 e. The molecular weight excluding hydrogens is 302 g/mol. The molecule has 0 fully saturated rings. The third-order valence-electron chi connectivity index (χ3n) is 3.34. The average molecular weight is 323 g/mol. The summed E-state index contributed by atoms with van der Waals surface area (Å²) >= 11 is 0. The lowest BCUT2D eigenvalue weighted by atomic mass is 10.2. The first kappa shape index (κ1) is 17.4. The Kier molecular flexibility index (Phi) is 6.73. The summed E-state index contributed by atoms with van der Waals surface area (Å²) in [4.78, 5) is 11.7. The first-order valence-electron chi connectivity index (χ1n) is 7.76. The molecule has 0 saturated carbocycles. The molecule has 4 heteroatoms. The van der Waals surface area contributed by atoms with Crippen LogP contribution in [0.3, 0.4) is 0 Å². The Bertz CT molecular complexity index is 744. The highest BCUT2D eigenvalue weighted by Crippen LogP contribution is 2.16. The number of para-hydroxylation sites is 2. The third kappa shape index (κ3) is 5.69. The van der Waals surface area contributed by atoms with Gasteiger partial charge in [-0.05, 0) is 37.1 Å². The van der Waals surface area contributed by atoms with Crippen LogP contribution in [-0.4, -0.2) is 25.7 Å². The highest BCUT2D eigenvalue weighted by molar-refractivity contribution is 5.77. The van der Waals surface area contributed by atoms with E-state index in [4.69, 9.17) is 9.47 Å². The molecule has 2 rings (SSSR count). The predicted octanol–water partition coefficient (Wildman–Crippen LogP) is 2.88. The van der Waals surface area contributed by atoms with Gasteiger partial charge in [-0.25, -0.2) is 0 Å². The van der Waals surface area contributed by atoms with Gasteiger partial charge in [0, 0.05) is 0 Å². The van der Waals surface area contributed by atoms with Gasteiger partial charge in [0.05, 0.1) is 6.54 Å². The first-order chi connectivity index (χ1) is 11.7. The molecule has 0 atom stereocenters. The van der Waals surface area contributed by atoms with E-state index >= 15 is 0 Å². The summed E-state index contributed by atoms with van der Waals surface area (Å²) in [5.41, 5.74) is 2.07. The van der Waals surface area contributed by atoms with Crippen molar-refractivity contribution in [3.05, 3.63) is 59.7 Å². The second-order valence-electron chi connectivity index (χ2n) is 5.24. The van der Waals surface area contributed by atoms with E-state index < -0.39 is 0 Å². The summed E-state index contributed by atoms with van der Waals surface area (Å²) in [5.74, 6) is 7.06. The highest BCUT2D eigenvalue weighted by Gasteiger charge is 2.02. The Labute approximate surface area is 142 Å². The molecule has 0 aliphatic carbocycles. The van der Waals surface area contributed by atoms with Crippen LogP contribution in [0.15, 0.2) is 48.5 Å². The van der Waals surface area contributed by atoms with Gasteiger partial charge in [-0.2, -0.15) is 0 Å². The summed E-state index contributed by atoms with van der Waals surface area (Å²) in [6.45, 7) is 4.46. The van der Waals surface area contributed by atoms with Gasteiger partial charge in [0.25, 0.3) is 5.91 Å². The summed E-state index contributed by atoms with van der Waals surface area (Å²) in [6, 6.07) is 15.3. The van der Waals surface area contributed by atoms with Crippen molar-refractivity contribution >= 4 is 5.91 Å². The van der Waals surface area contributed by atoms with Crippen molar-refractivity contribution in [2.45, 2.75) is 13.8 Å². The normalized spacial score (nSPS) is 9.58. The van der Waals surface area contributed by atoms with Crippen LogP contribution in [0.5, 0.6) is 11.5 Å². The van der Waals surface area contributed by atoms with E-state index in [0.717, 1.165) is 16.9 Å². The van der Waals surface area contributed by atoms with Crippen LogP contribution in [0.25, 0.3) is 0 Å². The molecule has 0 spiro atoms. The zero-order valence-electron chi connectivity index (χ0n) is 14.0. The molecule has 24 heavy (non-hydrogen) atoms. The summed E-state index contributed by atoms with van der Waals surface area (Å²) in [7, 11) is 0. The predicted molar refractivity (Wildman–Crippen MR) is 94.1 cm³/mol. The number of carbonyl (C=O) groups is 1. The molecule has 124 valence electrons. The molecule has 0 aromatic heterocycles. The van der Waals surface area contributed by atoms with Crippen molar-refractivity contribution in [2.75, 3.05) is 19.8 Å². The molecule has 2 aromatic rings. The minimum atomic E-state index is -0.202. The van der Waals surface area contributed by atoms with Crippen LogP contribution in [0.4, 0.5) is 0 Å². The van der Waals surface area contributed by atoms with Crippen molar-refractivity contribution in [1.82, 2.24) is 5.32 Å². The van der Waals surface area contributed by atoms with Gasteiger partial charge in [0.2, 0.25) is 0 Å². The van der Waals surface area contributed by atoms with E-state index in [-0.39, 0.29) is 19.1 Å². The third-order valence-corrected chi connectivity index (χ3v) is 3.34. The monoisotopic (exact) mass is 323 g/mol. The fourth-order valence-corrected chi connectivity index (χ4v) is 2.00. The Morgan fingerprint density at radius 2 is 1.50 bits per heavy atom. The number of amides is 1. The molecule has 4 nitrogen and oxygen atoms in total. The zero-order valence-corrected chi connectivity index (χ0v) is 14.0. The number of carbonyl (C=O) groups excluding carboxylic acids is 1. The summed E-state index contributed by atoms with van der Waals surface area (Å²) < 4.78 is 11.0. The number of ether oxygens (including phenoxy) is 2. The lowest BCUT2D eigenvalue weighted by Gasteiger charge is -2.08. The standard InChI is InChI=1S/C20H21NO3/c1-16-9-3-5-11-18(16)23-14-8-7-13-21-20(22)15-24-19-12-6-4-10-17(19)2/h3-6,9-12H,13-15H2,1-2H3,(H,21,22). The second kappa shape index (κ2) is 9.26. The number of nitrogens with one attached hydrogen (secondary N) is 1. The van der Waals surface area contributed by atoms with E-state index in [2.05, 4.69) is 17.2 Å². The van der Waals surface area contributed by atoms with Crippen molar-refractivity contribution in [1.29, 1.82) is 0 Å². The maximum absolute atomic E-state index is 11.7. The van der Waals surface area contributed by atoms with Crippen LogP contribution in [0.2, 0.25) is 0 Å². The number of hydrogen-bond acceptors (Lipinski definition) is 3. The van der Waals surface area contributed by atoms with Gasteiger partial charge >= 0.3 is 0 Å². The Morgan fingerprint density at radius 3 is 2.12 bits per heavy atom. The van der Waals surface area contributed by atoms with Crippen molar-refractivity contribution in [3.8, 4) is 23.3 Å². The molecule has 0 heterocycles. The minimum Gasteiger partial charge on any atom is -0.484 e. The fraction of sp³-hybridized carbons (Fsp3) is 0.250. The van der Waals surface area contributed by atoms with Crippen molar-refractivity contribution in [3.63, 3.8) is 0 Å². The minimum absolute atomic E-state index is 0.0216. The molecule has 0 bridgehead atoms. The van der Waals surface area contributed by atoms with Crippen molar-refractivity contribution < 1.29 is 14.3 Å². The molecule has 0 aliphatic rings. The largest absolute Gasteiger partial charge is 0.484 e. The lowest BCUT2D eigenvalue weighted by molar-refractivity contribution is -0.122. The second-order valence-corrected chi connectivity index (χ2v) is 5.24. The van der Waals surface area contributed by atoms with Crippen LogP contribution >= 0.6 is 0 Å². The van der Waals surface area contributed by atoms with Gasteiger partial charge < -0.3 is 14.8 Å². The van der Waals surface area contributed by atoms with Gasteiger partial charge in [-0.3, -0.25) is 4.79 Å². The topological polar surface area (TPSA) is 47.6 Å². The number of aryl methyl sites for hydroxylation is 2. The molecule has 0 saturated heterocycles. The Balaban J connectivity index is 1.65. The number of hydrogen-bond donors (Lipinski definition) is 1. The molecule has 2 aromatic carbocycles. The van der Waals surface area contributed by atoms with E-state index in [1.165, 1.54) is 0 Å². The van der Waals surface area contributed by atoms with Gasteiger partial charge in [0.1, 0.15) is 18.1 Å². The highest BCUT2D eigenvalue weighted by atomic mass is 16.5. The SMILES string of the molecule is Cc1ccccc1OCC#CCNC(=O)COc1ccccc1C. The molecular formula is C20H21NO3. The summed E-state index contributed by atoms with van der Waals surface area (Å²) in [6.07, 6.45) is 0. The van der Waals surface area contributed by atoms with Gasteiger partial charge in [-0.1, -0.05) is 48.2 Å². The van der Waals surface area contributed by atoms with Crippen LogP contribution in [-0.2, 0) is 4.79 Å².